The number of fused-ring (bicyclic) bond motifs is 1. The van der Waals surface area contributed by atoms with Gasteiger partial charge in [-0.05, 0) is 85.6 Å². The number of hydrogen-bond acceptors (Lipinski definition) is 7. The normalized spacial score (nSPS) is 14.8. The van der Waals surface area contributed by atoms with Crippen molar-refractivity contribution in [3.05, 3.63) is 123 Å². The molecular formula is C33H29BrCl2N2O5S. The fourth-order valence-corrected chi connectivity index (χ4v) is 6.84. The fourth-order valence-electron chi connectivity index (χ4n) is 4.82. The van der Waals surface area contributed by atoms with Crippen LogP contribution in [-0.2, 0) is 16.1 Å². The average Bonchev–Trinajstić information content (AvgIpc) is 3.26. The molecule has 0 unspecified atom stereocenters. The summed E-state index contributed by atoms with van der Waals surface area (Å²) in [6.45, 7) is 7.81. The lowest BCUT2D eigenvalue weighted by atomic mass is 9.95. The number of allylic oxidation sites excluding steroid dienone is 1. The molecule has 0 radical (unpaired) electrons. The van der Waals surface area contributed by atoms with E-state index < -0.39 is 12.0 Å². The SMILES string of the molecule is CCOC(=O)C1=C(C)N=c2s/c(=C/c3ccc(OCc4ccc(Cl)cc4Cl)c(Br)c3)c(=O)n2[C@H]1c1ccccc1OC(C)C. The minimum Gasteiger partial charge on any atom is -0.491 e. The summed E-state index contributed by atoms with van der Waals surface area (Å²) in [5, 5.41) is 1.08. The smallest absolute Gasteiger partial charge is 0.338 e. The molecule has 0 saturated carbocycles. The number of halogens is 3. The number of hydrogen-bond donors (Lipinski definition) is 0. The Morgan fingerprint density at radius 2 is 1.89 bits per heavy atom. The van der Waals surface area contributed by atoms with Gasteiger partial charge in [-0.15, -0.1) is 0 Å². The van der Waals surface area contributed by atoms with Crippen molar-refractivity contribution in [2.45, 2.75) is 46.4 Å². The van der Waals surface area contributed by atoms with Crippen LogP contribution in [0.15, 0.2) is 86.2 Å². The van der Waals surface area contributed by atoms with Crippen molar-refractivity contribution in [1.29, 1.82) is 0 Å². The van der Waals surface area contributed by atoms with Gasteiger partial charge < -0.3 is 14.2 Å². The summed E-state index contributed by atoms with van der Waals surface area (Å²) in [7, 11) is 0. The van der Waals surface area contributed by atoms with Crippen molar-refractivity contribution in [2.75, 3.05) is 6.61 Å². The molecule has 44 heavy (non-hydrogen) atoms. The van der Waals surface area contributed by atoms with Crippen LogP contribution in [0.5, 0.6) is 11.5 Å². The highest BCUT2D eigenvalue weighted by molar-refractivity contribution is 9.10. The Kier molecular flexibility index (Phi) is 10.00. The standard InChI is InChI=1S/C33H29BrCl2N2O5S/c1-5-41-32(40)29-19(4)37-33-38(30(29)23-8-6-7-9-26(23)43-18(2)3)31(39)28(44-33)15-20-10-13-27(24(34)14-20)42-17-21-11-12-22(35)16-25(21)36/h6-16,18,30H,5,17H2,1-4H3/b28-15+/t30-/m0/s1. The number of esters is 1. The largest absolute Gasteiger partial charge is 0.491 e. The summed E-state index contributed by atoms with van der Waals surface area (Å²) in [5.41, 5.74) is 2.78. The molecule has 5 rings (SSSR count). The number of rotatable bonds is 9. The Bertz CT molecular complexity index is 1950. The first-order chi connectivity index (χ1) is 21.1. The van der Waals surface area contributed by atoms with E-state index in [1.807, 2.05) is 62.4 Å². The van der Waals surface area contributed by atoms with Gasteiger partial charge in [-0.3, -0.25) is 9.36 Å². The zero-order valence-corrected chi connectivity index (χ0v) is 28.3. The molecule has 3 aromatic carbocycles. The van der Waals surface area contributed by atoms with E-state index in [1.165, 1.54) is 11.3 Å². The minimum atomic E-state index is -0.774. The molecule has 2 heterocycles. The predicted molar refractivity (Wildman–Crippen MR) is 178 cm³/mol. The second kappa shape index (κ2) is 13.7. The maximum Gasteiger partial charge on any atom is 0.338 e. The van der Waals surface area contributed by atoms with Crippen molar-refractivity contribution < 1.29 is 19.0 Å². The third-order valence-corrected chi connectivity index (χ3v) is 8.93. The summed E-state index contributed by atoms with van der Waals surface area (Å²) in [4.78, 5) is 32.5. The quantitative estimate of drug-likeness (QED) is 0.171. The molecule has 4 aromatic rings. The number of ether oxygens (including phenoxy) is 3. The maximum atomic E-state index is 14.0. The minimum absolute atomic E-state index is 0.114. The Hall–Kier alpha value is -3.37. The first-order valence-electron chi connectivity index (χ1n) is 13.9. The Morgan fingerprint density at radius 1 is 1.11 bits per heavy atom. The van der Waals surface area contributed by atoms with E-state index in [4.69, 9.17) is 37.4 Å². The number of benzene rings is 3. The molecule has 0 saturated heterocycles. The van der Waals surface area contributed by atoms with Crippen molar-refractivity contribution in [3.8, 4) is 11.5 Å². The number of nitrogens with zero attached hydrogens (tertiary/aromatic N) is 2. The summed E-state index contributed by atoms with van der Waals surface area (Å²) < 4.78 is 20.2. The lowest BCUT2D eigenvalue weighted by Gasteiger charge is -2.26. The van der Waals surface area contributed by atoms with Gasteiger partial charge >= 0.3 is 5.97 Å². The molecule has 0 amide bonds. The number of para-hydroxylation sites is 1. The molecule has 0 fully saturated rings. The summed E-state index contributed by atoms with van der Waals surface area (Å²) >= 11 is 17.1. The van der Waals surface area contributed by atoms with Crippen molar-refractivity contribution in [2.24, 2.45) is 4.99 Å². The summed E-state index contributed by atoms with van der Waals surface area (Å²) in [6, 6.07) is 17.5. The molecule has 1 atom stereocenters. The number of carbonyl (C=O) groups excluding carboxylic acids is 1. The highest BCUT2D eigenvalue weighted by Crippen LogP contribution is 2.36. The lowest BCUT2D eigenvalue weighted by molar-refractivity contribution is -0.139. The monoisotopic (exact) mass is 714 g/mol. The van der Waals surface area contributed by atoms with Gasteiger partial charge in [0.2, 0.25) is 0 Å². The van der Waals surface area contributed by atoms with Crippen LogP contribution in [0.4, 0.5) is 0 Å². The zero-order chi connectivity index (χ0) is 31.5. The van der Waals surface area contributed by atoms with Crippen LogP contribution in [0.2, 0.25) is 10.0 Å². The van der Waals surface area contributed by atoms with Crippen molar-refractivity contribution in [1.82, 2.24) is 4.57 Å². The Labute approximate surface area is 277 Å². The number of aromatic nitrogens is 1. The molecular weight excluding hydrogens is 687 g/mol. The van der Waals surface area contributed by atoms with Gasteiger partial charge in [0.05, 0.1) is 33.0 Å². The van der Waals surface area contributed by atoms with Gasteiger partial charge in [0, 0.05) is 21.2 Å². The first kappa shape index (κ1) is 32.0. The topological polar surface area (TPSA) is 79.1 Å². The molecule has 1 aliphatic rings. The van der Waals surface area contributed by atoms with Gasteiger partial charge in [-0.1, -0.05) is 64.9 Å². The van der Waals surface area contributed by atoms with Crippen LogP contribution in [0, 0.1) is 0 Å². The van der Waals surface area contributed by atoms with Gasteiger partial charge in [-0.2, -0.15) is 0 Å². The molecule has 0 N–H and O–H groups in total. The first-order valence-corrected chi connectivity index (χ1v) is 16.3. The van der Waals surface area contributed by atoms with Crippen LogP contribution in [0.25, 0.3) is 6.08 Å². The number of carbonyl (C=O) groups is 1. The maximum absolute atomic E-state index is 14.0. The molecule has 11 heteroatoms. The zero-order valence-electron chi connectivity index (χ0n) is 24.4. The van der Waals surface area contributed by atoms with E-state index in [2.05, 4.69) is 20.9 Å². The molecule has 1 aromatic heterocycles. The molecule has 7 nitrogen and oxygen atoms in total. The molecule has 0 aliphatic carbocycles. The molecule has 0 bridgehead atoms. The van der Waals surface area contributed by atoms with Crippen LogP contribution in [0.3, 0.4) is 0 Å². The molecule has 0 spiro atoms. The second-order valence-electron chi connectivity index (χ2n) is 10.2. The summed E-state index contributed by atoms with van der Waals surface area (Å²) in [5.74, 6) is 0.677. The van der Waals surface area contributed by atoms with Crippen LogP contribution >= 0.6 is 50.5 Å². The second-order valence-corrected chi connectivity index (χ2v) is 12.9. The summed E-state index contributed by atoms with van der Waals surface area (Å²) in [6.07, 6.45) is 1.68. The van der Waals surface area contributed by atoms with Gasteiger partial charge in [0.25, 0.3) is 5.56 Å². The van der Waals surface area contributed by atoms with E-state index in [1.54, 1.807) is 36.6 Å². The van der Waals surface area contributed by atoms with Crippen LogP contribution < -0.4 is 24.4 Å². The van der Waals surface area contributed by atoms with E-state index in [0.29, 0.717) is 52.2 Å². The third-order valence-electron chi connectivity index (χ3n) is 6.75. The molecule has 228 valence electrons. The van der Waals surface area contributed by atoms with Gasteiger partial charge in [-0.25, -0.2) is 9.79 Å². The fraction of sp³-hybridized carbons (Fsp3) is 0.242. The van der Waals surface area contributed by atoms with Gasteiger partial charge in [0.15, 0.2) is 4.80 Å². The molecule has 1 aliphatic heterocycles. The Balaban J connectivity index is 1.55. The Morgan fingerprint density at radius 3 is 2.59 bits per heavy atom. The van der Waals surface area contributed by atoms with E-state index >= 15 is 0 Å². The highest BCUT2D eigenvalue weighted by atomic mass is 79.9. The van der Waals surface area contributed by atoms with E-state index in [-0.39, 0.29) is 24.9 Å². The van der Waals surface area contributed by atoms with Crippen LogP contribution in [-0.4, -0.2) is 23.2 Å². The lowest BCUT2D eigenvalue weighted by Crippen LogP contribution is -2.40. The van der Waals surface area contributed by atoms with E-state index in [0.717, 1.165) is 11.1 Å². The third kappa shape index (κ3) is 6.81. The highest BCUT2D eigenvalue weighted by Gasteiger charge is 2.35. The van der Waals surface area contributed by atoms with Crippen molar-refractivity contribution in [3.63, 3.8) is 0 Å². The number of thiazole rings is 1. The predicted octanol–water partition coefficient (Wildman–Crippen LogP) is 7.23. The average molecular weight is 716 g/mol. The van der Waals surface area contributed by atoms with Crippen LogP contribution in [0.1, 0.15) is 50.4 Å². The van der Waals surface area contributed by atoms with Gasteiger partial charge in [0.1, 0.15) is 24.1 Å². The van der Waals surface area contributed by atoms with E-state index in [9.17, 15) is 9.59 Å². The van der Waals surface area contributed by atoms with Crippen molar-refractivity contribution >= 4 is 62.5 Å².